The maximum absolute atomic E-state index is 12.7. The molecule has 0 spiro atoms. The number of piperidine rings is 1. The summed E-state index contributed by atoms with van der Waals surface area (Å²) >= 11 is 0. The van der Waals surface area contributed by atoms with E-state index in [0.29, 0.717) is 17.8 Å². The number of rotatable bonds is 6. The Morgan fingerprint density at radius 2 is 1.97 bits per heavy atom. The van der Waals surface area contributed by atoms with E-state index >= 15 is 0 Å². The number of aromatic nitrogens is 3. The van der Waals surface area contributed by atoms with Crippen molar-refractivity contribution in [2.45, 2.75) is 58.5 Å². The number of amides is 1. The number of anilines is 1. The molecule has 2 N–H and O–H groups in total. The van der Waals surface area contributed by atoms with Crippen molar-refractivity contribution in [1.82, 2.24) is 20.1 Å². The van der Waals surface area contributed by atoms with Gasteiger partial charge in [-0.3, -0.25) is 10.1 Å². The van der Waals surface area contributed by atoms with Crippen LogP contribution in [0.1, 0.15) is 62.4 Å². The molecule has 7 nitrogen and oxygen atoms in total. The highest BCUT2D eigenvalue weighted by atomic mass is 35.5. The van der Waals surface area contributed by atoms with Gasteiger partial charge >= 0.3 is 0 Å². The number of hydrogen-bond donors (Lipinski definition) is 2. The van der Waals surface area contributed by atoms with Crippen LogP contribution in [-0.2, 0) is 11.8 Å². The van der Waals surface area contributed by atoms with Crippen LogP contribution in [0.2, 0.25) is 0 Å². The molecule has 160 valence electrons. The fourth-order valence-electron chi connectivity index (χ4n) is 3.44. The Bertz CT molecular complexity index is 830. The second kappa shape index (κ2) is 10.1. The van der Waals surface area contributed by atoms with Crippen molar-refractivity contribution >= 4 is 24.3 Å². The predicted octanol–water partition coefficient (Wildman–Crippen LogP) is 3.54. The van der Waals surface area contributed by atoms with Crippen molar-refractivity contribution in [3.8, 4) is 5.75 Å². The smallest absolute Gasteiger partial charge is 0.267 e. The minimum absolute atomic E-state index is 0. The summed E-state index contributed by atoms with van der Waals surface area (Å²) in [4.78, 5) is 17.3. The van der Waals surface area contributed by atoms with E-state index in [9.17, 15) is 4.79 Å². The Kier molecular flexibility index (Phi) is 8.05. The number of benzene rings is 1. The zero-order valence-electron chi connectivity index (χ0n) is 17.9. The Balaban J connectivity index is 0.00000300. The molecule has 1 aliphatic heterocycles. The molecule has 0 bridgehead atoms. The monoisotopic (exact) mass is 421 g/mol. The summed E-state index contributed by atoms with van der Waals surface area (Å²) in [5.74, 6) is 2.44. The standard InChI is InChI=1S/C21H31N5O2.ClH/c1-13(2)17-7-6-14(3)12-18(17)28-15(4)20(27)24-21-23-19(25-26(21)5)16-8-10-22-11-9-16;/h6-7,12-13,15-16,22H,8-11H2,1-5H3,(H,23,24,25,27);1H. The van der Waals surface area contributed by atoms with Gasteiger partial charge in [-0.25, -0.2) is 4.68 Å². The molecule has 2 heterocycles. The molecule has 29 heavy (non-hydrogen) atoms. The van der Waals surface area contributed by atoms with Gasteiger partial charge in [-0.2, -0.15) is 10.1 Å². The third-order valence-corrected chi connectivity index (χ3v) is 5.18. The number of carbonyl (C=O) groups excluding carboxylic acids is 1. The number of nitrogens with one attached hydrogen (secondary N) is 2. The zero-order chi connectivity index (χ0) is 20.3. The van der Waals surface area contributed by atoms with Gasteiger partial charge in [0.05, 0.1) is 0 Å². The van der Waals surface area contributed by atoms with Gasteiger partial charge in [0, 0.05) is 13.0 Å². The molecule has 1 fully saturated rings. The van der Waals surface area contributed by atoms with E-state index in [-0.39, 0.29) is 18.3 Å². The van der Waals surface area contributed by atoms with Crippen molar-refractivity contribution in [1.29, 1.82) is 0 Å². The first-order valence-corrected chi connectivity index (χ1v) is 10.0. The number of carbonyl (C=O) groups is 1. The van der Waals surface area contributed by atoms with Crippen molar-refractivity contribution in [3.63, 3.8) is 0 Å². The molecule has 0 aliphatic carbocycles. The van der Waals surface area contributed by atoms with Gasteiger partial charge in [0.2, 0.25) is 5.95 Å². The Morgan fingerprint density at radius 1 is 1.28 bits per heavy atom. The molecule has 1 aromatic heterocycles. The van der Waals surface area contributed by atoms with E-state index in [4.69, 9.17) is 4.74 Å². The number of aryl methyl sites for hydroxylation is 2. The van der Waals surface area contributed by atoms with Gasteiger partial charge < -0.3 is 10.1 Å². The molecule has 1 atom stereocenters. The molecule has 1 amide bonds. The largest absolute Gasteiger partial charge is 0.481 e. The molecule has 1 saturated heterocycles. The number of halogens is 1. The van der Waals surface area contributed by atoms with E-state index in [2.05, 4.69) is 46.7 Å². The van der Waals surface area contributed by atoms with Gasteiger partial charge in [0.15, 0.2) is 11.9 Å². The molecule has 3 rings (SSSR count). The maximum Gasteiger partial charge on any atom is 0.267 e. The minimum Gasteiger partial charge on any atom is -0.481 e. The lowest BCUT2D eigenvalue weighted by molar-refractivity contribution is -0.122. The zero-order valence-corrected chi connectivity index (χ0v) is 18.7. The van der Waals surface area contributed by atoms with Gasteiger partial charge in [0.25, 0.3) is 5.91 Å². The molecule has 0 radical (unpaired) electrons. The second-order valence-corrected chi connectivity index (χ2v) is 7.89. The Morgan fingerprint density at radius 3 is 2.62 bits per heavy atom. The Hall–Kier alpha value is -2.12. The van der Waals surface area contributed by atoms with Crippen LogP contribution in [0, 0.1) is 6.92 Å². The summed E-state index contributed by atoms with van der Waals surface area (Å²) in [6.07, 6.45) is 1.39. The summed E-state index contributed by atoms with van der Waals surface area (Å²) in [5.41, 5.74) is 2.20. The van der Waals surface area contributed by atoms with Crippen molar-refractivity contribution in [3.05, 3.63) is 35.2 Å². The highest BCUT2D eigenvalue weighted by molar-refractivity contribution is 5.92. The average Bonchev–Trinajstić information content (AvgIpc) is 3.02. The summed E-state index contributed by atoms with van der Waals surface area (Å²) in [6.45, 7) is 9.96. The highest BCUT2D eigenvalue weighted by Crippen LogP contribution is 2.28. The van der Waals surface area contributed by atoms with E-state index in [1.54, 1.807) is 18.7 Å². The third-order valence-electron chi connectivity index (χ3n) is 5.18. The van der Waals surface area contributed by atoms with Crippen LogP contribution in [0.5, 0.6) is 5.75 Å². The third kappa shape index (κ3) is 5.70. The first kappa shape index (κ1) is 23.2. The van der Waals surface area contributed by atoms with E-state index in [1.807, 2.05) is 13.0 Å². The topological polar surface area (TPSA) is 81.1 Å². The van der Waals surface area contributed by atoms with Crippen LogP contribution in [0.25, 0.3) is 0 Å². The predicted molar refractivity (Wildman–Crippen MR) is 117 cm³/mol. The normalized spacial score (nSPS) is 15.7. The fourth-order valence-corrected chi connectivity index (χ4v) is 3.44. The van der Waals surface area contributed by atoms with Crippen LogP contribution >= 0.6 is 12.4 Å². The van der Waals surface area contributed by atoms with E-state index in [1.165, 1.54) is 0 Å². The number of nitrogens with zero attached hydrogens (tertiary/aromatic N) is 3. The summed E-state index contributed by atoms with van der Waals surface area (Å²) in [5, 5.41) is 10.7. The van der Waals surface area contributed by atoms with E-state index in [0.717, 1.165) is 48.6 Å². The van der Waals surface area contributed by atoms with E-state index < -0.39 is 6.10 Å². The van der Waals surface area contributed by atoms with Gasteiger partial charge in [-0.15, -0.1) is 12.4 Å². The van der Waals surface area contributed by atoms with Crippen molar-refractivity contribution in [2.75, 3.05) is 18.4 Å². The first-order valence-electron chi connectivity index (χ1n) is 10.0. The van der Waals surface area contributed by atoms with Crippen molar-refractivity contribution < 1.29 is 9.53 Å². The van der Waals surface area contributed by atoms with Gasteiger partial charge in [-0.1, -0.05) is 26.0 Å². The molecule has 1 aromatic carbocycles. The molecular weight excluding hydrogens is 390 g/mol. The van der Waals surface area contributed by atoms with Crippen LogP contribution in [0.3, 0.4) is 0 Å². The molecule has 2 aromatic rings. The molecule has 1 aliphatic rings. The highest BCUT2D eigenvalue weighted by Gasteiger charge is 2.23. The SMILES string of the molecule is Cc1ccc(C(C)C)c(OC(C)C(=O)Nc2nc(C3CCNCC3)nn2C)c1.Cl. The molecular formula is C21H32ClN5O2. The fraction of sp³-hybridized carbons (Fsp3) is 0.571. The van der Waals surface area contributed by atoms with Crippen LogP contribution in [-0.4, -0.2) is 39.9 Å². The molecule has 0 saturated carbocycles. The first-order chi connectivity index (χ1) is 13.3. The summed E-state index contributed by atoms with van der Waals surface area (Å²) in [6, 6.07) is 6.11. The lowest BCUT2D eigenvalue weighted by atomic mass is 9.98. The summed E-state index contributed by atoms with van der Waals surface area (Å²) in [7, 11) is 1.80. The quantitative estimate of drug-likeness (QED) is 0.745. The molecule has 8 heteroatoms. The average molecular weight is 422 g/mol. The lowest BCUT2D eigenvalue weighted by Crippen LogP contribution is -2.31. The minimum atomic E-state index is -0.640. The molecule has 1 unspecified atom stereocenters. The van der Waals surface area contributed by atoms with Crippen LogP contribution < -0.4 is 15.4 Å². The second-order valence-electron chi connectivity index (χ2n) is 7.89. The lowest BCUT2D eigenvalue weighted by Gasteiger charge is -2.19. The Labute approximate surface area is 179 Å². The number of ether oxygens (including phenoxy) is 1. The van der Waals surface area contributed by atoms with Crippen molar-refractivity contribution in [2.24, 2.45) is 7.05 Å². The summed E-state index contributed by atoms with van der Waals surface area (Å²) < 4.78 is 7.64. The number of hydrogen-bond acceptors (Lipinski definition) is 5. The van der Waals surface area contributed by atoms with Crippen LogP contribution in [0.15, 0.2) is 18.2 Å². The van der Waals surface area contributed by atoms with Gasteiger partial charge in [0.1, 0.15) is 5.75 Å². The van der Waals surface area contributed by atoms with Gasteiger partial charge in [-0.05, 0) is 62.9 Å². The van der Waals surface area contributed by atoms with Crippen LogP contribution in [0.4, 0.5) is 5.95 Å². The maximum atomic E-state index is 12.7.